The lowest BCUT2D eigenvalue weighted by molar-refractivity contribution is -0.182. The number of morpholine rings is 1. The van der Waals surface area contributed by atoms with Gasteiger partial charge in [0.25, 0.3) is 5.91 Å². The Labute approximate surface area is 125 Å². The summed E-state index contributed by atoms with van der Waals surface area (Å²) >= 11 is 0. The van der Waals surface area contributed by atoms with E-state index in [0.29, 0.717) is 5.56 Å². The summed E-state index contributed by atoms with van der Waals surface area (Å²) in [6.07, 6.45) is 1.55. The second kappa shape index (κ2) is 5.71. The quantitative estimate of drug-likeness (QED) is 0.495. The molecule has 116 valence electrons. The highest BCUT2D eigenvalue weighted by Gasteiger charge is 2.37. The van der Waals surface area contributed by atoms with E-state index in [1.807, 2.05) is 6.07 Å². The summed E-state index contributed by atoms with van der Waals surface area (Å²) in [7, 11) is 0. The van der Waals surface area contributed by atoms with Crippen LogP contribution in [0.25, 0.3) is 0 Å². The number of nitrogens with one attached hydrogen (secondary N) is 1. The zero-order valence-corrected chi connectivity index (χ0v) is 13.1. The Kier molecular flexibility index (Phi) is 4.32. The number of aromatic nitrogens is 1. The van der Waals surface area contributed by atoms with Gasteiger partial charge in [-0.2, -0.15) is 0 Å². The number of nitrogens with zero attached hydrogens (tertiary/aromatic N) is 2. The third-order valence-corrected chi connectivity index (χ3v) is 3.36. The molecule has 6 heteroatoms. The molecule has 0 saturated carbocycles. The summed E-state index contributed by atoms with van der Waals surface area (Å²) < 4.78 is 6.07. The van der Waals surface area contributed by atoms with E-state index in [9.17, 15) is 4.79 Å². The van der Waals surface area contributed by atoms with Crippen molar-refractivity contribution in [2.45, 2.75) is 45.4 Å². The molecule has 2 heterocycles. The predicted molar refractivity (Wildman–Crippen MR) is 80.4 cm³/mol. The van der Waals surface area contributed by atoms with Crippen LogP contribution < -0.4 is 11.3 Å². The number of carbonyl (C=O) groups excluding carboxylic acids is 1. The van der Waals surface area contributed by atoms with Crippen LogP contribution in [0.1, 0.15) is 43.7 Å². The van der Waals surface area contributed by atoms with Crippen molar-refractivity contribution in [2.24, 2.45) is 5.84 Å². The molecule has 1 saturated heterocycles. The SMILES string of the molecule is CC1(C)CN(Cc2ccc(C(=O)NN)cn2)CC(C)(C)O1. The molecule has 0 radical (unpaired) electrons. The second-order valence-electron chi connectivity index (χ2n) is 6.78. The number of carbonyl (C=O) groups is 1. The van der Waals surface area contributed by atoms with Gasteiger partial charge in [-0.25, -0.2) is 5.84 Å². The summed E-state index contributed by atoms with van der Waals surface area (Å²) in [5, 5.41) is 0. The minimum absolute atomic E-state index is 0.179. The van der Waals surface area contributed by atoms with Crippen LogP contribution in [0, 0.1) is 0 Å². The normalized spacial score (nSPS) is 21.0. The average molecular weight is 292 g/mol. The Morgan fingerprint density at radius 1 is 1.33 bits per heavy atom. The van der Waals surface area contributed by atoms with Gasteiger partial charge in [-0.1, -0.05) is 0 Å². The van der Waals surface area contributed by atoms with Crippen LogP contribution in [0.3, 0.4) is 0 Å². The van der Waals surface area contributed by atoms with Crippen molar-refractivity contribution in [1.82, 2.24) is 15.3 Å². The molecule has 1 aromatic rings. The van der Waals surface area contributed by atoms with Gasteiger partial charge in [0, 0.05) is 25.8 Å². The van der Waals surface area contributed by atoms with Gasteiger partial charge in [-0.15, -0.1) is 0 Å². The maximum Gasteiger partial charge on any atom is 0.266 e. The van der Waals surface area contributed by atoms with Crippen molar-refractivity contribution in [3.05, 3.63) is 29.6 Å². The molecule has 0 spiro atoms. The van der Waals surface area contributed by atoms with Gasteiger partial charge >= 0.3 is 0 Å². The van der Waals surface area contributed by atoms with Gasteiger partial charge < -0.3 is 4.74 Å². The molecule has 0 atom stereocenters. The number of pyridine rings is 1. The van der Waals surface area contributed by atoms with Gasteiger partial charge in [0.2, 0.25) is 0 Å². The lowest BCUT2D eigenvalue weighted by atomic mass is 9.99. The van der Waals surface area contributed by atoms with Crippen molar-refractivity contribution < 1.29 is 9.53 Å². The van der Waals surface area contributed by atoms with Crippen molar-refractivity contribution in [3.63, 3.8) is 0 Å². The molecule has 21 heavy (non-hydrogen) atoms. The number of rotatable bonds is 3. The minimum Gasteiger partial charge on any atom is -0.367 e. The monoisotopic (exact) mass is 292 g/mol. The Morgan fingerprint density at radius 2 is 1.95 bits per heavy atom. The molecule has 1 amide bonds. The lowest BCUT2D eigenvalue weighted by Gasteiger charge is -2.47. The molecule has 2 rings (SSSR count). The first-order valence-electron chi connectivity index (χ1n) is 7.09. The first kappa shape index (κ1) is 15.9. The number of ether oxygens (including phenoxy) is 1. The topological polar surface area (TPSA) is 80.5 Å². The maximum absolute atomic E-state index is 11.4. The number of hydrogen-bond donors (Lipinski definition) is 2. The van der Waals surface area contributed by atoms with Crippen LogP contribution in [0.5, 0.6) is 0 Å². The molecule has 3 N–H and O–H groups in total. The molecule has 6 nitrogen and oxygen atoms in total. The van der Waals surface area contributed by atoms with Crippen LogP contribution in [0.2, 0.25) is 0 Å². The van der Waals surface area contributed by atoms with Crippen LogP contribution in [-0.4, -0.2) is 40.1 Å². The van der Waals surface area contributed by atoms with Crippen molar-refractivity contribution >= 4 is 5.91 Å². The zero-order chi connectivity index (χ0) is 15.7. The van der Waals surface area contributed by atoms with E-state index in [1.165, 1.54) is 0 Å². The Bertz CT molecular complexity index is 495. The van der Waals surface area contributed by atoms with Gasteiger partial charge in [0.15, 0.2) is 0 Å². The summed E-state index contributed by atoms with van der Waals surface area (Å²) in [6, 6.07) is 3.60. The van der Waals surface area contributed by atoms with E-state index in [-0.39, 0.29) is 17.1 Å². The lowest BCUT2D eigenvalue weighted by Crippen LogP contribution is -2.56. The third kappa shape index (κ3) is 4.23. The predicted octanol–water partition coefficient (Wildman–Crippen LogP) is 1.07. The molecule has 1 aliphatic rings. The van der Waals surface area contributed by atoms with Crippen molar-refractivity contribution in [2.75, 3.05) is 13.1 Å². The first-order valence-corrected chi connectivity index (χ1v) is 7.09. The molecule has 0 bridgehead atoms. The summed E-state index contributed by atoms with van der Waals surface area (Å²) in [5.41, 5.74) is 3.13. The smallest absolute Gasteiger partial charge is 0.266 e. The van der Waals surface area contributed by atoms with Gasteiger partial charge in [0.1, 0.15) is 0 Å². The summed E-state index contributed by atoms with van der Waals surface area (Å²) in [6.45, 7) is 10.8. The van der Waals surface area contributed by atoms with Crippen LogP contribution in [0.4, 0.5) is 0 Å². The Hall–Kier alpha value is -1.50. The van der Waals surface area contributed by atoms with Crippen molar-refractivity contribution in [3.8, 4) is 0 Å². The highest BCUT2D eigenvalue weighted by Crippen LogP contribution is 2.28. The van der Waals surface area contributed by atoms with E-state index in [2.05, 4.69) is 43.0 Å². The average Bonchev–Trinajstić information content (AvgIpc) is 2.35. The molecule has 0 aromatic carbocycles. The molecule has 1 fully saturated rings. The van der Waals surface area contributed by atoms with Crippen LogP contribution in [0.15, 0.2) is 18.3 Å². The van der Waals surface area contributed by atoms with Crippen LogP contribution >= 0.6 is 0 Å². The molecular formula is C15H24N4O2. The first-order chi connectivity index (χ1) is 9.71. The maximum atomic E-state index is 11.4. The van der Waals surface area contributed by atoms with E-state index in [0.717, 1.165) is 25.3 Å². The third-order valence-electron chi connectivity index (χ3n) is 3.36. The van der Waals surface area contributed by atoms with E-state index >= 15 is 0 Å². The van der Waals surface area contributed by atoms with Crippen LogP contribution in [-0.2, 0) is 11.3 Å². The fourth-order valence-electron chi connectivity index (χ4n) is 3.02. The van der Waals surface area contributed by atoms with Gasteiger partial charge in [-0.05, 0) is 39.8 Å². The second-order valence-corrected chi connectivity index (χ2v) is 6.78. The summed E-state index contributed by atoms with van der Waals surface area (Å²) in [5.74, 6) is 4.77. The zero-order valence-electron chi connectivity index (χ0n) is 13.1. The van der Waals surface area contributed by atoms with Gasteiger partial charge in [0.05, 0.1) is 22.5 Å². The van der Waals surface area contributed by atoms with Gasteiger partial charge in [-0.3, -0.25) is 20.1 Å². The van der Waals surface area contributed by atoms with Crippen molar-refractivity contribution in [1.29, 1.82) is 0 Å². The molecule has 0 unspecified atom stereocenters. The molecule has 0 aliphatic carbocycles. The number of hydrazine groups is 1. The fraction of sp³-hybridized carbons (Fsp3) is 0.600. The Morgan fingerprint density at radius 3 is 2.43 bits per heavy atom. The molecule has 1 aliphatic heterocycles. The standard InChI is InChI=1S/C15H24N4O2/c1-14(2)9-19(10-15(3,4)21-14)8-12-6-5-11(7-17-12)13(20)18-16/h5-7H,8-10,16H2,1-4H3,(H,18,20). The fourth-order valence-corrected chi connectivity index (χ4v) is 3.02. The Balaban J connectivity index is 2.06. The van der Waals surface area contributed by atoms with E-state index in [4.69, 9.17) is 10.6 Å². The number of nitrogens with two attached hydrogens (primary N) is 1. The highest BCUT2D eigenvalue weighted by molar-refractivity contribution is 5.93. The number of hydrogen-bond acceptors (Lipinski definition) is 5. The van der Waals surface area contributed by atoms with E-state index < -0.39 is 0 Å². The minimum atomic E-state index is -0.331. The van der Waals surface area contributed by atoms with E-state index in [1.54, 1.807) is 12.3 Å². The number of amides is 1. The number of nitrogen functional groups attached to an aromatic ring is 1. The largest absolute Gasteiger partial charge is 0.367 e. The summed E-state index contributed by atoms with van der Waals surface area (Å²) in [4.78, 5) is 18.0. The highest BCUT2D eigenvalue weighted by atomic mass is 16.5. The molecular weight excluding hydrogens is 268 g/mol. The molecule has 1 aromatic heterocycles.